The average molecular weight is 279 g/mol. The Morgan fingerprint density at radius 3 is 2.29 bits per heavy atom. The molecule has 2 aromatic carbocycles. The zero-order valence-electron chi connectivity index (χ0n) is 11.7. The summed E-state index contributed by atoms with van der Waals surface area (Å²) in [6, 6.07) is 17.4. The third kappa shape index (κ3) is 3.51. The summed E-state index contributed by atoms with van der Waals surface area (Å²) in [4.78, 5) is 11.5. The van der Waals surface area contributed by atoms with Gasteiger partial charge in [-0.3, -0.25) is 4.79 Å². The first kappa shape index (κ1) is 13.4. The van der Waals surface area contributed by atoms with Gasteiger partial charge < -0.3 is 10.1 Å². The van der Waals surface area contributed by atoms with Crippen LogP contribution in [0.25, 0.3) is 0 Å². The Kier molecular flexibility index (Phi) is 4.01. The molecule has 0 heterocycles. The molecule has 1 saturated carbocycles. The van der Waals surface area contributed by atoms with Gasteiger partial charge in [-0.25, -0.2) is 0 Å². The number of anilines is 1. The van der Waals surface area contributed by atoms with Crippen molar-refractivity contribution in [3.63, 3.8) is 0 Å². The topological polar surface area (TPSA) is 38.3 Å². The van der Waals surface area contributed by atoms with Crippen molar-refractivity contribution in [1.29, 1.82) is 0 Å². The Hall–Kier alpha value is -2.55. The maximum absolute atomic E-state index is 11.5. The van der Waals surface area contributed by atoms with Crippen molar-refractivity contribution in [2.75, 3.05) is 5.32 Å². The molecule has 3 nitrogen and oxygen atoms in total. The van der Waals surface area contributed by atoms with Crippen LogP contribution in [0, 0.1) is 0 Å². The summed E-state index contributed by atoms with van der Waals surface area (Å²) in [5, 5.41) is 3.17. The molecule has 3 rings (SSSR count). The second-order valence-electron chi connectivity index (χ2n) is 5.03. The standard InChI is InChI=1S/C18H17NO2/c20-18-8-4-5-14(18)13-19-15-9-11-17(12-10-15)21-16-6-2-1-3-7-16/h1-3,6-7,9-13,19H,4-5,8H2/b14-13-. The van der Waals surface area contributed by atoms with Gasteiger partial charge in [0, 0.05) is 23.9 Å². The quantitative estimate of drug-likeness (QED) is 0.836. The number of nitrogens with one attached hydrogen (secondary N) is 1. The number of ether oxygens (including phenoxy) is 1. The number of Topliss-reactive ketones (excluding diaryl/α,β-unsaturated/α-hetero) is 1. The third-order valence-electron chi connectivity index (χ3n) is 3.45. The second-order valence-corrected chi connectivity index (χ2v) is 5.03. The van der Waals surface area contributed by atoms with Crippen molar-refractivity contribution in [3.05, 3.63) is 66.4 Å². The van der Waals surface area contributed by atoms with E-state index in [1.165, 1.54) is 0 Å². The first-order chi connectivity index (χ1) is 10.3. The average Bonchev–Trinajstić information content (AvgIpc) is 2.93. The van der Waals surface area contributed by atoms with Gasteiger partial charge in [0.1, 0.15) is 11.5 Å². The van der Waals surface area contributed by atoms with Gasteiger partial charge in [-0.1, -0.05) is 18.2 Å². The van der Waals surface area contributed by atoms with E-state index >= 15 is 0 Å². The third-order valence-corrected chi connectivity index (χ3v) is 3.45. The molecule has 1 aliphatic rings. The fourth-order valence-corrected chi connectivity index (χ4v) is 2.31. The first-order valence-electron chi connectivity index (χ1n) is 7.13. The molecule has 0 bridgehead atoms. The highest BCUT2D eigenvalue weighted by atomic mass is 16.5. The minimum absolute atomic E-state index is 0.256. The maximum Gasteiger partial charge on any atom is 0.160 e. The van der Waals surface area contributed by atoms with Crippen LogP contribution in [0.1, 0.15) is 19.3 Å². The van der Waals surface area contributed by atoms with Crippen LogP contribution < -0.4 is 10.1 Å². The summed E-state index contributed by atoms with van der Waals surface area (Å²) in [6.07, 6.45) is 4.34. The SMILES string of the molecule is O=C1CCC/C1=C/Nc1ccc(Oc2ccccc2)cc1. The molecule has 106 valence electrons. The summed E-state index contributed by atoms with van der Waals surface area (Å²) in [6.45, 7) is 0. The fourth-order valence-electron chi connectivity index (χ4n) is 2.31. The number of rotatable bonds is 4. The molecule has 0 saturated heterocycles. The predicted molar refractivity (Wildman–Crippen MR) is 83.5 cm³/mol. The van der Waals surface area contributed by atoms with Gasteiger partial charge in [-0.05, 0) is 49.2 Å². The molecule has 1 fully saturated rings. The first-order valence-corrected chi connectivity index (χ1v) is 7.13. The molecule has 1 aliphatic carbocycles. The Morgan fingerprint density at radius 1 is 0.905 bits per heavy atom. The van der Waals surface area contributed by atoms with Crippen LogP contribution in [-0.4, -0.2) is 5.78 Å². The van der Waals surface area contributed by atoms with E-state index in [9.17, 15) is 4.79 Å². The minimum Gasteiger partial charge on any atom is -0.457 e. The molecular formula is C18H17NO2. The number of hydrogen-bond acceptors (Lipinski definition) is 3. The molecule has 3 heteroatoms. The molecule has 2 aromatic rings. The number of allylic oxidation sites excluding steroid dienone is 1. The van der Waals surface area contributed by atoms with Crippen molar-refractivity contribution in [1.82, 2.24) is 0 Å². The van der Waals surface area contributed by atoms with Crippen LogP contribution in [0.5, 0.6) is 11.5 Å². The summed E-state index contributed by atoms with van der Waals surface area (Å²) in [5.74, 6) is 1.86. The highest BCUT2D eigenvalue weighted by molar-refractivity contribution is 5.97. The van der Waals surface area contributed by atoms with Gasteiger partial charge in [0.15, 0.2) is 5.78 Å². The van der Waals surface area contributed by atoms with Gasteiger partial charge in [0.2, 0.25) is 0 Å². The van der Waals surface area contributed by atoms with Crippen LogP contribution in [-0.2, 0) is 4.79 Å². The van der Waals surface area contributed by atoms with Crippen LogP contribution in [0.15, 0.2) is 66.4 Å². The Morgan fingerprint density at radius 2 is 1.62 bits per heavy atom. The summed E-state index contributed by atoms with van der Waals surface area (Å²) in [7, 11) is 0. The van der Waals surface area contributed by atoms with E-state index in [-0.39, 0.29) is 5.78 Å². The highest BCUT2D eigenvalue weighted by Crippen LogP contribution is 2.24. The second kappa shape index (κ2) is 6.27. The normalized spacial score (nSPS) is 16.2. The Balaban J connectivity index is 1.63. The largest absolute Gasteiger partial charge is 0.457 e. The number of ketones is 1. The molecule has 0 atom stereocenters. The van der Waals surface area contributed by atoms with Crippen molar-refractivity contribution >= 4 is 11.5 Å². The monoisotopic (exact) mass is 279 g/mol. The van der Waals surface area contributed by atoms with Crippen LogP contribution in [0.3, 0.4) is 0 Å². The fraction of sp³-hybridized carbons (Fsp3) is 0.167. The number of carbonyl (C=O) groups is 1. The van der Waals surface area contributed by atoms with Gasteiger partial charge in [-0.15, -0.1) is 0 Å². The molecule has 0 spiro atoms. The van der Waals surface area contributed by atoms with E-state index in [1.807, 2.05) is 60.8 Å². The van der Waals surface area contributed by atoms with E-state index < -0.39 is 0 Å². The lowest BCUT2D eigenvalue weighted by Gasteiger charge is -2.07. The van der Waals surface area contributed by atoms with Crippen LogP contribution in [0.4, 0.5) is 5.69 Å². The van der Waals surface area contributed by atoms with Gasteiger partial charge >= 0.3 is 0 Å². The molecule has 0 unspecified atom stereocenters. The van der Waals surface area contributed by atoms with Gasteiger partial charge in [0.25, 0.3) is 0 Å². The lowest BCUT2D eigenvalue weighted by atomic mass is 10.2. The number of hydrogen-bond donors (Lipinski definition) is 1. The predicted octanol–water partition coefficient (Wildman–Crippen LogP) is 4.53. The number of para-hydroxylation sites is 1. The molecular weight excluding hydrogens is 262 g/mol. The van der Waals surface area contributed by atoms with Crippen molar-refractivity contribution < 1.29 is 9.53 Å². The van der Waals surface area contributed by atoms with Crippen LogP contribution in [0.2, 0.25) is 0 Å². The Bertz CT molecular complexity index is 645. The lowest BCUT2D eigenvalue weighted by Crippen LogP contribution is -1.96. The minimum atomic E-state index is 0.256. The zero-order chi connectivity index (χ0) is 14.5. The van der Waals surface area contributed by atoms with Crippen molar-refractivity contribution in [2.24, 2.45) is 0 Å². The van der Waals surface area contributed by atoms with Crippen molar-refractivity contribution in [3.8, 4) is 11.5 Å². The number of benzene rings is 2. The van der Waals surface area contributed by atoms with E-state index in [0.717, 1.165) is 35.6 Å². The highest BCUT2D eigenvalue weighted by Gasteiger charge is 2.16. The molecule has 0 aliphatic heterocycles. The van der Waals surface area contributed by atoms with Gasteiger partial charge in [-0.2, -0.15) is 0 Å². The van der Waals surface area contributed by atoms with E-state index in [2.05, 4.69) is 5.32 Å². The molecule has 21 heavy (non-hydrogen) atoms. The smallest absolute Gasteiger partial charge is 0.160 e. The molecule has 0 radical (unpaired) electrons. The Labute approximate surface area is 124 Å². The summed E-state index contributed by atoms with van der Waals surface area (Å²) in [5.41, 5.74) is 1.84. The molecule has 0 amide bonds. The molecule has 1 N–H and O–H groups in total. The van der Waals surface area contributed by atoms with Crippen molar-refractivity contribution in [2.45, 2.75) is 19.3 Å². The van der Waals surface area contributed by atoms with Gasteiger partial charge in [0.05, 0.1) is 0 Å². The zero-order valence-corrected chi connectivity index (χ0v) is 11.7. The van der Waals surface area contributed by atoms with E-state index in [4.69, 9.17) is 4.74 Å². The van der Waals surface area contributed by atoms with E-state index in [1.54, 1.807) is 0 Å². The summed E-state index contributed by atoms with van der Waals surface area (Å²) >= 11 is 0. The molecule has 0 aromatic heterocycles. The summed E-state index contributed by atoms with van der Waals surface area (Å²) < 4.78 is 5.73. The maximum atomic E-state index is 11.5. The lowest BCUT2D eigenvalue weighted by molar-refractivity contribution is -0.114. The van der Waals surface area contributed by atoms with Crippen LogP contribution >= 0.6 is 0 Å². The van der Waals surface area contributed by atoms with E-state index in [0.29, 0.717) is 6.42 Å². The number of carbonyl (C=O) groups excluding carboxylic acids is 1.